The first kappa shape index (κ1) is 15.4. The number of likely N-dealkylation sites (tertiary alicyclic amines) is 1. The zero-order valence-electron chi connectivity index (χ0n) is 11.3. The maximum Gasteiger partial charge on any atom is 0.240 e. The van der Waals surface area contributed by atoms with Crippen molar-refractivity contribution in [1.29, 1.82) is 0 Å². The Morgan fingerprint density at radius 2 is 1.83 bits per heavy atom. The van der Waals surface area contributed by atoms with Crippen molar-refractivity contribution >= 4 is 15.7 Å². The van der Waals surface area contributed by atoms with Crippen molar-refractivity contribution in [2.75, 3.05) is 25.4 Å². The van der Waals surface area contributed by atoms with E-state index in [-0.39, 0.29) is 11.7 Å². The van der Waals surface area contributed by atoms with Crippen molar-refractivity contribution in [1.82, 2.24) is 4.90 Å². The highest BCUT2D eigenvalue weighted by molar-refractivity contribution is 7.92. The van der Waals surface area contributed by atoms with E-state index in [4.69, 9.17) is 5.11 Å². The van der Waals surface area contributed by atoms with Gasteiger partial charge < -0.3 is 10.0 Å². The fraction of sp³-hybridized carbons (Fsp3) is 0.917. The van der Waals surface area contributed by atoms with E-state index < -0.39 is 21.7 Å². The molecule has 0 aromatic heterocycles. The van der Waals surface area contributed by atoms with E-state index in [9.17, 15) is 13.2 Å². The fourth-order valence-electron chi connectivity index (χ4n) is 2.56. The second-order valence-corrected chi connectivity index (χ2v) is 7.86. The van der Waals surface area contributed by atoms with Gasteiger partial charge in [-0.15, -0.1) is 0 Å². The molecule has 0 aliphatic carbocycles. The number of hydrogen-bond donors (Lipinski definition) is 1. The van der Waals surface area contributed by atoms with Crippen molar-refractivity contribution in [3.8, 4) is 0 Å². The molecule has 0 bridgehead atoms. The molecule has 1 rings (SSSR count). The number of carbonyl (C=O) groups is 1. The van der Waals surface area contributed by atoms with Gasteiger partial charge in [0.2, 0.25) is 5.91 Å². The van der Waals surface area contributed by atoms with E-state index in [2.05, 4.69) is 13.8 Å². The van der Waals surface area contributed by atoms with Crippen LogP contribution in [0.1, 0.15) is 27.2 Å². The molecule has 0 spiro atoms. The third-order valence-electron chi connectivity index (χ3n) is 3.44. The molecule has 1 aliphatic heterocycles. The van der Waals surface area contributed by atoms with Gasteiger partial charge in [-0.3, -0.25) is 4.79 Å². The smallest absolute Gasteiger partial charge is 0.240 e. The largest absolute Gasteiger partial charge is 0.395 e. The Balaban J connectivity index is 2.75. The van der Waals surface area contributed by atoms with E-state index >= 15 is 0 Å². The highest BCUT2D eigenvalue weighted by atomic mass is 32.2. The number of rotatable bonds is 4. The summed E-state index contributed by atoms with van der Waals surface area (Å²) < 4.78 is 23.5. The van der Waals surface area contributed by atoms with E-state index in [0.717, 1.165) is 6.42 Å². The topological polar surface area (TPSA) is 74.7 Å². The van der Waals surface area contributed by atoms with Gasteiger partial charge in [0.1, 0.15) is 5.25 Å². The van der Waals surface area contributed by atoms with Crippen LogP contribution in [0.25, 0.3) is 0 Å². The van der Waals surface area contributed by atoms with Crippen LogP contribution in [0.15, 0.2) is 0 Å². The molecule has 0 unspecified atom stereocenters. The van der Waals surface area contributed by atoms with E-state index in [1.54, 1.807) is 4.90 Å². The van der Waals surface area contributed by atoms with Gasteiger partial charge in [0, 0.05) is 13.1 Å². The van der Waals surface area contributed by atoms with Gasteiger partial charge in [-0.25, -0.2) is 8.42 Å². The van der Waals surface area contributed by atoms with Crippen molar-refractivity contribution < 1.29 is 18.3 Å². The molecule has 5 nitrogen and oxygen atoms in total. The number of carbonyl (C=O) groups excluding carboxylic acids is 1. The summed E-state index contributed by atoms with van der Waals surface area (Å²) in [6.45, 7) is 6.38. The number of hydrogen-bond acceptors (Lipinski definition) is 4. The Morgan fingerprint density at radius 3 is 2.28 bits per heavy atom. The summed E-state index contributed by atoms with van der Waals surface area (Å²) >= 11 is 0. The van der Waals surface area contributed by atoms with Gasteiger partial charge in [0.15, 0.2) is 9.84 Å². The van der Waals surface area contributed by atoms with Crippen LogP contribution in [0.2, 0.25) is 0 Å². The number of aliphatic hydroxyl groups is 1. The first-order valence-electron chi connectivity index (χ1n) is 6.39. The zero-order valence-corrected chi connectivity index (χ0v) is 12.1. The molecule has 1 amide bonds. The van der Waals surface area contributed by atoms with Crippen LogP contribution in [-0.2, 0) is 14.6 Å². The zero-order chi connectivity index (χ0) is 13.9. The molecule has 1 saturated heterocycles. The predicted molar refractivity (Wildman–Crippen MR) is 69.9 cm³/mol. The third kappa shape index (κ3) is 3.68. The molecule has 1 fully saturated rings. The van der Waals surface area contributed by atoms with Gasteiger partial charge >= 0.3 is 0 Å². The normalized spacial score (nSPS) is 27.0. The van der Waals surface area contributed by atoms with Crippen molar-refractivity contribution in [2.45, 2.75) is 32.4 Å². The second kappa shape index (κ2) is 6.02. The molecule has 1 aliphatic rings. The van der Waals surface area contributed by atoms with Crippen LogP contribution >= 0.6 is 0 Å². The van der Waals surface area contributed by atoms with Crippen molar-refractivity contribution in [3.05, 3.63) is 0 Å². The first-order valence-corrected chi connectivity index (χ1v) is 8.10. The van der Waals surface area contributed by atoms with E-state index in [1.807, 2.05) is 0 Å². The molecule has 6 heteroatoms. The van der Waals surface area contributed by atoms with E-state index in [1.165, 1.54) is 6.92 Å². The SMILES string of the molecule is C[C@@H]1C[C@@H](C)CN(C(=O)[C@@H](C)S(=O)(=O)CCO)C1. The summed E-state index contributed by atoms with van der Waals surface area (Å²) in [7, 11) is -3.54. The van der Waals surface area contributed by atoms with Gasteiger partial charge in [-0.05, 0) is 25.2 Å². The molecule has 0 radical (unpaired) electrons. The Bertz CT molecular complexity index is 383. The van der Waals surface area contributed by atoms with Crippen LogP contribution < -0.4 is 0 Å². The summed E-state index contributed by atoms with van der Waals surface area (Å²) in [6.07, 6.45) is 1.07. The molecule has 0 aromatic rings. The van der Waals surface area contributed by atoms with E-state index in [0.29, 0.717) is 24.9 Å². The summed E-state index contributed by atoms with van der Waals surface area (Å²) in [5.74, 6) is 0.136. The highest BCUT2D eigenvalue weighted by Gasteiger charge is 2.34. The fourth-order valence-corrected chi connectivity index (χ4v) is 3.62. The lowest BCUT2D eigenvalue weighted by Crippen LogP contribution is -2.48. The van der Waals surface area contributed by atoms with Crippen LogP contribution in [0, 0.1) is 11.8 Å². The summed E-state index contributed by atoms with van der Waals surface area (Å²) in [5.41, 5.74) is 0. The van der Waals surface area contributed by atoms with Crippen LogP contribution in [0.4, 0.5) is 0 Å². The minimum atomic E-state index is -3.54. The standard InChI is InChI=1S/C12H23NO4S/c1-9-6-10(2)8-13(7-9)12(15)11(3)18(16,17)5-4-14/h9-11,14H,4-8H2,1-3H3/t9-,10-,11-/m1/s1. The lowest BCUT2D eigenvalue weighted by Gasteiger charge is -2.36. The summed E-state index contributed by atoms with van der Waals surface area (Å²) in [5, 5.41) is 7.67. The lowest BCUT2D eigenvalue weighted by atomic mass is 9.92. The molecular weight excluding hydrogens is 254 g/mol. The number of amides is 1. The molecule has 0 aromatic carbocycles. The number of nitrogens with zero attached hydrogens (tertiary/aromatic N) is 1. The monoisotopic (exact) mass is 277 g/mol. The lowest BCUT2D eigenvalue weighted by molar-refractivity contribution is -0.133. The van der Waals surface area contributed by atoms with Gasteiger partial charge in [0.05, 0.1) is 12.4 Å². The number of aliphatic hydroxyl groups excluding tert-OH is 1. The van der Waals surface area contributed by atoms with Crippen LogP contribution in [0.3, 0.4) is 0 Å². The summed E-state index contributed by atoms with van der Waals surface area (Å²) in [4.78, 5) is 13.8. The predicted octanol–water partition coefficient (Wildman–Crippen LogP) is 0.287. The van der Waals surface area contributed by atoms with Crippen LogP contribution in [0.5, 0.6) is 0 Å². The average Bonchev–Trinajstić information content (AvgIpc) is 2.25. The summed E-state index contributed by atoms with van der Waals surface area (Å²) in [6, 6.07) is 0. The molecule has 1 heterocycles. The van der Waals surface area contributed by atoms with Crippen molar-refractivity contribution in [3.63, 3.8) is 0 Å². The Labute approximate surface area is 109 Å². The number of piperidine rings is 1. The maximum atomic E-state index is 12.2. The Kier molecular flexibility index (Phi) is 5.16. The average molecular weight is 277 g/mol. The first-order chi connectivity index (χ1) is 8.27. The molecule has 106 valence electrons. The minimum absolute atomic E-state index is 0.332. The third-order valence-corrected chi connectivity index (χ3v) is 5.47. The second-order valence-electron chi connectivity index (χ2n) is 5.42. The maximum absolute atomic E-state index is 12.2. The molecule has 3 atom stereocenters. The van der Waals surface area contributed by atoms with Gasteiger partial charge in [0.25, 0.3) is 0 Å². The molecule has 18 heavy (non-hydrogen) atoms. The highest BCUT2D eigenvalue weighted by Crippen LogP contribution is 2.22. The quantitative estimate of drug-likeness (QED) is 0.801. The molecular formula is C12H23NO4S. The minimum Gasteiger partial charge on any atom is -0.395 e. The van der Waals surface area contributed by atoms with Crippen molar-refractivity contribution in [2.24, 2.45) is 11.8 Å². The van der Waals surface area contributed by atoms with Gasteiger partial charge in [-0.1, -0.05) is 13.8 Å². The molecule has 1 N–H and O–H groups in total. The van der Waals surface area contributed by atoms with Gasteiger partial charge in [-0.2, -0.15) is 0 Å². The Morgan fingerprint density at radius 1 is 1.33 bits per heavy atom. The Hall–Kier alpha value is -0.620. The molecule has 0 saturated carbocycles. The van der Waals surface area contributed by atoms with Crippen LogP contribution in [-0.4, -0.2) is 55.0 Å². The number of sulfone groups is 1.